The second-order valence-corrected chi connectivity index (χ2v) is 6.27. The number of halogens is 1. The minimum absolute atomic E-state index is 0.296. The zero-order valence-electron chi connectivity index (χ0n) is 13.5. The lowest BCUT2D eigenvalue weighted by molar-refractivity contribution is 0.0995. The number of carbonyl (C=O) groups excluding carboxylic acids is 1. The topological polar surface area (TPSA) is 43.6 Å². The fraction of sp³-hybridized carbons (Fsp3) is 0.222. The van der Waals surface area contributed by atoms with Crippen molar-refractivity contribution in [1.29, 1.82) is 0 Å². The normalized spacial score (nSPS) is 11.9. The number of benzene rings is 2. The summed E-state index contributed by atoms with van der Waals surface area (Å²) in [5.74, 6) is -0.181. The molecule has 0 N–H and O–H groups in total. The number of amides is 1. The fourth-order valence-corrected chi connectivity index (χ4v) is 3.62. The van der Waals surface area contributed by atoms with Crippen LogP contribution in [0.2, 0.25) is 0 Å². The van der Waals surface area contributed by atoms with Gasteiger partial charge in [-0.3, -0.25) is 4.79 Å². The summed E-state index contributed by atoms with van der Waals surface area (Å²) in [7, 11) is 1.52. The van der Waals surface area contributed by atoms with Gasteiger partial charge in [-0.05, 0) is 36.8 Å². The van der Waals surface area contributed by atoms with E-state index in [-0.39, 0.29) is 11.7 Å². The predicted molar refractivity (Wildman–Crippen MR) is 93.0 cm³/mol. The molecule has 0 aliphatic rings. The third kappa shape index (κ3) is 3.10. The molecule has 0 spiro atoms. The molecule has 0 fully saturated rings. The van der Waals surface area contributed by atoms with Gasteiger partial charge in [0.2, 0.25) is 0 Å². The Morgan fingerprint density at radius 2 is 2.08 bits per heavy atom. The van der Waals surface area contributed by atoms with Crippen molar-refractivity contribution in [1.82, 2.24) is 4.57 Å². The van der Waals surface area contributed by atoms with E-state index in [4.69, 9.17) is 4.74 Å². The Kier molecular flexibility index (Phi) is 4.76. The lowest BCUT2D eigenvalue weighted by Crippen LogP contribution is -2.17. The number of aryl methyl sites for hydroxylation is 1. The number of methoxy groups -OCH3 is 1. The summed E-state index contributed by atoms with van der Waals surface area (Å²) in [5.41, 5.74) is 1.29. The van der Waals surface area contributed by atoms with Crippen LogP contribution in [-0.4, -0.2) is 17.6 Å². The Balaban J connectivity index is 2.15. The van der Waals surface area contributed by atoms with Crippen molar-refractivity contribution in [2.75, 3.05) is 7.11 Å². The van der Waals surface area contributed by atoms with E-state index < -0.39 is 0 Å². The summed E-state index contributed by atoms with van der Waals surface area (Å²) in [5, 5.41) is 0. The Bertz CT molecular complexity index is 959. The van der Waals surface area contributed by atoms with Crippen LogP contribution in [0, 0.1) is 5.82 Å². The summed E-state index contributed by atoms with van der Waals surface area (Å²) in [6.45, 7) is 2.76. The lowest BCUT2D eigenvalue weighted by atomic mass is 10.2. The van der Waals surface area contributed by atoms with Crippen LogP contribution in [0.15, 0.2) is 47.5 Å². The van der Waals surface area contributed by atoms with Crippen molar-refractivity contribution in [3.05, 3.63) is 58.6 Å². The number of para-hydroxylation sites is 1. The van der Waals surface area contributed by atoms with Crippen molar-refractivity contribution in [3.8, 4) is 5.75 Å². The second kappa shape index (κ2) is 6.97. The molecule has 1 heterocycles. The van der Waals surface area contributed by atoms with E-state index in [1.54, 1.807) is 30.3 Å². The van der Waals surface area contributed by atoms with Gasteiger partial charge in [0, 0.05) is 6.54 Å². The molecule has 4 nitrogen and oxygen atoms in total. The Hall–Kier alpha value is -2.47. The van der Waals surface area contributed by atoms with Gasteiger partial charge in [-0.15, -0.1) is 0 Å². The number of nitrogens with zero attached hydrogens (tertiary/aromatic N) is 2. The largest absolute Gasteiger partial charge is 0.496 e. The minimum atomic E-state index is -0.371. The average Bonchev–Trinajstić information content (AvgIpc) is 2.91. The molecule has 0 aliphatic heterocycles. The number of ether oxygens (including phenoxy) is 1. The average molecular weight is 344 g/mol. The molecule has 0 saturated heterocycles. The zero-order chi connectivity index (χ0) is 17.1. The number of hydrogen-bond acceptors (Lipinski definition) is 3. The summed E-state index contributed by atoms with van der Waals surface area (Å²) in [4.78, 5) is 17.4. The first-order valence-corrected chi connectivity index (χ1v) is 8.46. The number of carbonyl (C=O) groups is 1. The molecule has 2 aromatic carbocycles. The molecule has 0 bridgehead atoms. The van der Waals surface area contributed by atoms with Crippen LogP contribution in [0.4, 0.5) is 4.39 Å². The summed E-state index contributed by atoms with van der Waals surface area (Å²) in [6.07, 6.45) is 0.888. The highest BCUT2D eigenvalue weighted by molar-refractivity contribution is 7.16. The molecule has 1 amide bonds. The molecular weight excluding hydrogens is 327 g/mol. The quantitative estimate of drug-likeness (QED) is 0.718. The van der Waals surface area contributed by atoms with Crippen molar-refractivity contribution in [3.63, 3.8) is 0 Å². The first kappa shape index (κ1) is 16.4. The molecule has 124 valence electrons. The van der Waals surface area contributed by atoms with Crippen LogP contribution in [0.5, 0.6) is 5.75 Å². The van der Waals surface area contributed by atoms with Gasteiger partial charge >= 0.3 is 0 Å². The summed E-state index contributed by atoms with van der Waals surface area (Å²) in [6, 6.07) is 11.6. The van der Waals surface area contributed by atoms with E-state index in [0.717, 1.165) is 16.6 Å². The molecule has 3 rings (SSSR count). The van der Waals surface area contributed by atoms with Crippen molar-refractivity contribution < 1.29 is 13.9 Å². The number of thiazole rings is 1. The molecule has 0 radical (unpaired) electrons. The predicted octanol–water partition coefficient (Wildman–Crippen LogP) is 4.00. The van der Waals surface area contributed by atoms with Gasteiger partial charge in [0.1, 0.15) is 11.6 Å². The molecule has 3 aromatic rings. The Morgan fingerprint density at radius 1 is 1.29 bits per heavy atom. The maximum atomic E-state index is 13.5. The van der Waals surface area contributed by atoms with Crippen LogP contribution < -0.4 is 9.54 Å². The molecular formula is C18H17FN2O2S. The highest BCUT2D eigenvalue weighted by Crippen LogP contribution is 2.21. The standard InChI is InChI=1S/C18H17FN2O2S/c1-3-10-21-14-9-8-12(19)11-16(14)24-18(21)20-17(22)13-6-4-5-7-15(13)23-2/h4-9,11H,3,10H2,1-2H3. The smallest absolute Gasteiger partial charge is 0.283 e. The van der Waals surface area contributed by atoms with Gasteiger partial charge in [0.25, 0.3) is 5.91 Å². The van der Waals surface area contributed by atoms with Gasteiger partial charge in [0.15, 0.2) is 4.80 Å². The van der Waals surface area contributed by atoms with E-state index >= 15 is 0 Å². The molecule has 0 atom stereocenters. The molecule has 0 unspecified atom stereocenters. The van der Waals surface area contributed by atoms with E-state index in [9.17, 15) is 9.18 Å². The van der Waals surface area contributed by atoms with Crippen molar-refractivity contribution in [2.24, 2.45) is 4.99 Å². The SMILES string of the molecule is CCCn1c(=NC(=O)c2ccccc2OC)sc2cc(F)ccc21. The van der Waals surface area contributed by atoms with Crippen LogP contribution in [0.3, 0.4) is 0 Å². The van der Waals surface area contributed by atoms with Crippen LogP contribution in [0.1, 0.15) is 23.7 Å². The lowest BCUT2D eigenvalue weighted by Gasteiger charge is -2.05. The van der Waals surface area contributed by atoms with Crippen molar-refractivity contribution in [2.45, 2.75) is 19.9 Å². The van der Waals surface area contributed by atoms with E-state index in [1.807, 2.05) is 11.5 Å². The van der Waals surface area contributed by atoms with Gasteiger partial charge in [-0.2, -0.15) is 4.99 Å². The van der Waals surface area contributed by atoms with E-state index in [1.165, 1.54) is 30.6 Å². The first-order chi connectivity index (χ1) is 11.6. The highest BCUT2D eigenvalue weighted by atomic mass is 32.1. The number of fused-ring (bicyclic) bond motifs is 1. The van der Waals surface area contributed by atoms with Crippen LogP contribution in [0.25, 0.3) is 10.2 Å². The maximum absolute atomic E-state index is 13.5. The van der Waals surface area contributed by atoms with Gasteiger partial charge in [-0.1, -0.05) is 30.4 Å². The number of rotatable bonds is 4. The van der Waals surface area contributed by atoms with Gasteiger partial charge in [0.05, 0.1) is 22.9 Å². The first-order valence-electron chi connectivity index (χ1n) is 7.65. The third-order valence-electron chi connectivity index (χ3n) is 3.63. The Morgan fingerprint density at radius 3 is 2.83 bits per heavy atom. The summed E-state index contributed by atoms with van der Waals surface area (Å²) >= 11 is 1.31. The van der Waals surface area contributed by atoms with Crippen LogP contribution in [-0.2, 0) is 6.54 Å². The van der Waals surface area contributed by atoms with Crippen molar-refractivity contribution >= 4 is 27.5 Å². The number of aromatic nitrogens is 1. The molecule has 0 saturated carbocycles. The Labute approximate surface area is 142 Å². The fourth-order valence-electron chi connectivity index (χ4n) is 2.54. The zero-order valence-corrected chi connectivity index (χ0v) is 14.3. The third-order valence-corrected chi connectivity index (χ3v) is 4.67. The molecule has 6 heteroatoms. The molecule has 1 aromatic heterocycles. The van der Waals surface area contributed by atoms with E-state index in [2.05, 4.69) is 4.99 Å². The number of hydrogen-bond donors (Lipinski definition) is 0. The highest BCUT2D eigenvalue weighted by Gasteiger charge is 2.12. The monoisotopic (exact) mass is 344 g/mol. The maximum Gasteiger partial charge on any atom is 0.283 e. The molecule has 24 heavy (non-hydrogen) atoms. The summed E-state index contributed by atoms with van der Waals surface area (Å²) < 4.78 is 21.4. The van der Waals surface area contributed by atoms with Gasteiger partial charge in [-0.25, -0.2) is 4.39 Å². The minimum Gasteiger partial charge on any atom is -0.496 e. The van der Waals surface area contributed by atoms with Crippen LogP contribution >= 0.6 is 11.3 Å². The van der Waals surface area contributed by atoms with E-state index in [0.29, 0.717) is 22.7 Å². The molecule has 0 aliphatic carbocycles. The van der Waals surface area contributed by atoms with Gasteiger partial charge < -0.3 is 9.30 Å². The second-order valence-electron chi connectivity index (χ2n) is 5.27.